The average molecular weight is 269 g/mol. The Hall–Kier alpha value is -2.08. The van der Waals surface area contributed by atoms with Gasteiger partial charge in [0.1, 0.15) is 0 Å². The standard InChI is InChI=1S/C11H9ClN2O4/c12-7-5-6(13-11(17)18)1-2-8(7)14-9(15)3-4-10(14)16/h1-2,5,13H,3-4H2,(H,17,18). The molecule has 2 N–H and O–H groups in total. The van der Waals surface area contributed by atoms with Gasteiger partial charge < -0.3 is 5.11 Å². The van der Waals surface area contributed by atoms with Crippen LogP contribution in [0, 0.1) is 0 Å². The molecule has 0 unspecified atom stereocenters. The molecule has 1 aliphatic heterocycles. The third-order valence-corrected chi connectivity index (χ3v) is 2.79. The van der Waals surface area contributed by atoms with Gasteiger partial charge in [-0.25, -0.2) is 9.69 Å². The molecule has 18 heavy (non-hydrogen) atoms. The Balaban J connectivity index is 2.32. The predicted molar refractivity (Wildman–Crippen MR) is 64.8 cm³/mol. The average Bonchev–Trinajstić information content (AvgIpc) is 2.59. The minimum absolute atomic E-state index is 0.143. The largest absolute Gasteiger partial charge is 0.465 e. The van der Waals surface area contributed by atoms with E-state index in [0.717, 1.165) is 4.90 Å². The van der Waals surface area contributed by atoms with Gasteiger partial charge in [0, 0.05) is 18.5 Å². The Labute approximate surface area is 107 Å². The highest BCUT2D eigenvalue weighted by Crippen LogP contribution is 2.32. The van der Waals surface area contributed by atoms with Gasteiger partial charge in [-0.15, -0.1) is 0 Å². The van der Waals surface area contributed by atoms with Gasteiger partial charge in [-0.3, -0.25) is 14.9 Å². The number of hydrogen-bond donors (Lipinski definition) is 2. The van der Waals surface area contributed by atoms with Crippen LogP contribution in [0.2, 0.25) is 5.02 Å². The fourth-order valence-electron chi connectivity index (χ4n) is 1.73. The first-order valence-electron chi connectivity index (χ1n) is 5.14. The molecule has 1 aromatic rings. The van der Waals surface area contributed by atoms with Crippen molar-refractivity contribution in [3.8, 4) is 0 Å². The van der Waals surface area contributed by atoms with Gasteiger partial charge in [0.25, 0.3) is 0 Å². The zero-order valence-electron chi connectivity index (χ0n) is 9.14. The van der Waals surface area contributed by atoms with Crippen molar-refractivity contribution in [2.45, 2.75) is 12.8 Å². The zero-order valence-corrected chi connectivity index (χ0v) is 9.90. The molecule has 6 nitrogen and oxygen atoms in total. The third-order valence-electron chi connectivity index (χ3n) is 2.49. The minimum Gasteiger partial charge on any atom is -0.465 e. The molecular weight excluding hydrogens is 260 g/mol. The van der Waals surface area contributed by atoms with Crippen LogP contribution in [-0.2, 0) is 9.59 Å². The van der Waals surface area contributed by atoms with Crippen molar-refractivity contribution >= 4 is 40.9 Å². The van der Waals surface area contributed by atoms with Gasteiger partial charge in [0.15, 0.2) is 0 Å². The molecule has 94 valence electrons. The highest BCUT2D eigenvalue weighted by molar-refractivity contribution is 6.36. The highest BCUT2D eigenvalue weighted by atomic mass is 35.5. The molecule has 0 aromatic heterocycles. The molecule has 0 spiro atoms. The molecule has 3 amide bonds. The fraction of sp³-hybridized carbons (Fsp3) is 0.182. The van der Waals surface area contributed by atoms with Gasteiger partial charge in [0.2, 0.25) is 11.8 Å². The van der Waals surface area contributed by atoms with Crippen LogP contribution in [0.5, 0.6) is 0 Å². The van der Waals surface area contributed by atoms with E-state index in [-0.39, 0.29) is 41.1 Å². The summed E-state index contributed by atoms with van der Waals surface area (Å²) in [5.74, 6) is -0.610. The van der Waals surface area contributed by atoms with Crippen LogP contribution in [-0.4, -0.2) is 23.0 Å². The molecule has 7 heteroatoms. The maximum atomic E-state index is 11.5. The Kier molecular flexibility index (Phi) is 3.20. The second kappa shape index (κ2) is 4.66. The lowest BCUT2D eigenvalue weighted by molar-refractivity contribution is -0.121. The van der Waals surface area contributed by atoms with Crippen molar-refractivity contribution in [2.24, 2.45) is 0 Å². The first kappa shape index (κ1) is 12.4. The number of amides is 3. The van der Waals surface area contributed by atoms with E-state index in [4.69, 9.17) is 16.7 Å². The monoisotopic (exact) mass is 268 g/mol. The SMILES string of the molecule is O=C(O)Nc1ccc(N2C(=O)CCC2=O)c(Cl)c1. The second-order valence-corrected chi connectivity index (χ2v) is 4.13. The molecule has 1 heterocycles. The summed E-state index contributed by atoms with van der Waals surface area (Å²) < 4.78 is 0. The highest BCUT2D eigenvalue weighted by Gasteiger charge is 2.31. The number of hydrogen-bond acceptors (Lipinski definition) is 3. The molecule has 0 atom stereocenters. The van der Waals surface area contributed by atoms with Gasteiger partial charge in [-0.2, -0.15) is 0 Å². The topological polar surface area (TPSA) is 86.7 Å². The number of anilines is 2. The summed E-state index contributed by atoms with van der Waals surface area (Å²) in [6.07, 6.45) is -0.874. The Morgan fingerprint density at radius 3 is 2.39 bits per heavy atom. The minimum atomic E-state index is -1.22. The summed E-state index contributed by atoms with van der Waals surface area (Å²) >= 11 is 5.94. The second-order valence-electron chi connectivity index (χ2n) is 3.72. The first-order chi connectivity index (χ1) is 8.49. The molecule has 1 aliphatic rings. The maximum absolute atomic E-state index is 11.5. The fourth-order valence-corrected chi connectivity index (χ4v) is 2.00. The van der Waals surface area contributed by atoms with E-state index in [9.17, 15) is 14.4 Å². The predicted octanol–water partition coefficient (Wildman–Crippen LogP) is 2.08. The van der Waals surface area contributed by atoms with Crippen LogP contribution >= 0.6 is 11.6 Å². The summed E-state index contributed by atoms with van der Waals surface area (Å²) in [5.41, 5.74) is 0.551. The first-order valence-corrected chi connectivity index (χ1v) is 5.52. The van der Waals surface area contributed by atoms with Crippen LogP contribution in [0.25, 0.3) is 0 Å². The molecule has 0 bridgehead atoms. The van der Waals surface area contributed by atoms with E-state index in [1.54, 1.807) is 0 Å². The number of nitrogens with one attached hydrogen (secondary N) is 1. The number of carbonyl (C=O) groups is 3. The number of benzene rings is 1. The molecule has 0 aliphatic carbocycles. The Morgan fingerprint density at radius 2 is 1.89 bits per heavy atom. The molecule has 1 aromatic carbocycles. The van der Waals surface area contributed by atoms with Crippen LogP contribution in [0.4, 0.5) is 16.2 Å². The summed E-state index contributed by atoms with van der Waals surface area (Å²) in [7, 11) is 0. The quantitative estimate of drug-likeness (QED) is 0.804. The van der Waals surface area contributed by atoms with E-state index in [2.05, 4.69) is 5.32 Å². The number of halogens is 1. The molecule has 2 rings (SSSR count). The molecule has 0 radical (unpaired) electrons. The van der Waals surface area contributed by atoms with Gasteiger partial charge in [0.05, 0.1) is 10.7 Å². The molecule has 1 fully saturated rings. The summed E-state index contributed by atoms with van der Waals surface area (Å²) in [6.45, 7) is 0. The lowest BCUT2D eigenvalue weighted by atomic mass is 10.2. The van der Waals surface area contributed by atoms with Crippen LogP contribution < -0.4 is 10.2 Å². The summed E-state index contributed by atoms with van der Waals surface area (Å²) in [4.78, 5) is 34.5. The Bertz CT molecular complexity index is 528. The third kappa shape index (κ3) is 2.28. The molecule has 1 saturated heterocycles. The van der Waals surface area contributed by atoms with Crippen molar-refractivity contribution in [1.82, 2.24) is 0 Å². The van der Waals surface area contributed by atoms with E-state index >= 15 is 0 Å². The number of imide groups is 1. The Morgan fingerprint density at radius 1 is 1.28 bits per heavy atom. The van der Waals surface area contributed by atoms with Crippen LogP contribution in [0.3, 0.4) is 0 Å². The summed E-state index contributed by atoms with van der Waals surface area (Å²) in [6, 6.07) is 4.23. The van der Waals surface area contributed by atoms with Crippen molar-refractivity contribution < 1.29 is 19.5 Å². The van der Waals surface area contributed by atoms with Gasteiger partial charge >= 0.3 is 6.09 Å². The lowest BCUT2D eigenvalue weighted by Gasteiger charge is -2.16. The summed E-state index contributed by atoms with van der Waals surface area (Å²) in [5, 5.41) is 10.8. The smallest absolute Gasteiger partial charge is 0.409 e. The van der Waals surface area contributed by atoms with Gasteiger partial charge in [-0.1, -0.05) is 11.6 Å². The van der Waals surface area contributed by atoms with Crippen molar-refractivity contribution in [2.75, 3.05) is 10.2 Å². The normalized spacial score (nSPS) is 15.1. The number of carbonyl (C=O) groups excluding carboxylic acids is 2. The van der Waals surface area contributed by atoms with E-state index in [0.29, 0.717) is 0 Å². The molecular formula is C11H9ClN2O4. The van der Waals surface area contributed by atoms with Crippen LogP contribution in [0.1, 0.15) is 12.8 Å². The molecule has 0 saturated carbocycles. The number of nitrogens with zero attached hydrogens (tertiary/aromatic N) is 1. The lowest BCUT2D eigenvalue weighted by Crippen LogP contribution is -2.28. The van der Waals surface area contributed by atoms with Crippen LogP contribution in [0.15, 0.2) is 18.2 Å². The van der Waals surface area contributed by atoms with Crippen molar-refractivity contribution in [1.29, 1.82) is 0 Å². The number of carboxylic acid groups (broad SMARTS) is 1. The van der Waals surface area contributed by atoms with E-state index in [1.807, 2.05) is 0 Å². The number of rotatable bonds is 2. The van der Waals surface area contributed by atoms with Crippen molar-refractivity contribution in [3.05, 3.63) is 23.2 Å². The van der Waals surface area contributed by atoms with Crippen molar-refractivity contribution in [3.63, 3.8) is 0 Å². The maximum Gasteiger partial charge on any atom is 0.409 e. The zero-order chi connectivity index (χ0) is 13.3. The van der Waals surface area contributed by atoms with E-state index in [1.165, 1.54) is 18.2 Å². The van der Waals surface area contributed by atoms with E-state index < -0.39 is 6.09 Å². The van der Waals surface area contributed by atoms with Gasteiger partial charge in [-0.05, 0) is 18.2 Å².